The lowest BCUT2D eigenvalue weighted by Crippen LogP contribution is -1.99. The maximum absolute atomic E-state index is 5.67. The summed E-state index contributed by atoms with van der Waals surface area (Å²) >= 11 is 0. The van der Waals surface area contributed by atoms with Crippen molar-refractivity contribution >= 4 is 5.69 Å². The van der Waals surface area contributed by atoms with Gasteiger partial charge in [-0.15, -0.1) is 0 Å². The van der Waals surface area contributed by atoms with Crippen LogP contribution in [0.15, 0.2) is 35.2 Å². The van der Waals surface area contributed by atoms with Gasteiger partial charge in [-0.3, -0.25) is 0 Å². The highest BCUT2D eigenvalue weighted by atomic mass is 16.5. The highest BCUT2D eigenvalue weighted by Crippen LogP contribution is 2.20. The highest BCUT2D eigenvalue weighted by Gasteiger charge is 2.01. The minimum atomic E-state index is 0.255. The molecule has 0 spiro atoms. The van der Waals surface area contributed by atoms with Gasteiger partial charge < -0.3 is 15.0 Å². The van der Waals surface area contributed by atoms with Crippen LogP contribution in [0.2, 0.25) is 0 Å². The molecule has 5 nitrogen and oxygen atoms in total. The van der Waals surface area contributed by atoms with E-state index >= 15 is 0 Å². The number of aromatic nitrogens is 2. The largest absolute Gasteiger partial charge is 0.483 e. The Bertz CT molecular complexity index is 400. The summed E-state index contributed by atoms with van der Waals surface area (Å²) in [5.74, 6) is 1.12. The molecule has 1 aromatic carbocycles. The van der Waals surface area contributed by atoms with Crippen molar-refractivity contribution in [1.29, 1.82) is 0 Å². The fourth-order valence-electron chi connectivity index (χ4n) is 1.01. The molecule has 0 bridgehead atoms. The predicted molar refractivity (Wildman–Crippen MR) is 49.5 cm³/mol. The zero-order valence-corrected chi connectivity index (χ0v) is 7.38. The Hall–Kier alpha value is -2.04. The zero-order chi connectivity index (χ0) is 9.80. The van der Waals surface area contributed by atoms with Crippen molar-refractivity contribution in [3.8, 4) is 5.75 Å². The first kappa shape index (κ1) is 8.55. The molecule has 14 heavy (non-hydrogen) atoms. The lowest BCUT2D eigenvalue weighted by molar-refractivity contribution is 0.288. The summed E-state index contributed by atoms with van der Waals surface area (Å²) < 4.78 is 9.93. The van der Waals surface area contributed by atoms with E-state index in [1.807, 2.05) is 12.1 Å². The molecular weight excluding hydrogens is 182 g/mol. The van der Waals surface area contributed by atoms with E-state index in [-0.39, 0.29) is 6.61 Å². The molecule has 2 aromatic rings. The minimum absolute atomic E-state index is 0.255. The van der Waals surface area contributed by atoms with E-state index in [0.29, 0.717) is 17.3 Å². The molecule has 0 aliphatic rings. The zero-order valence-electron chi connectivity index (χ0n) is 7.38. The lowest BCUT2D eigenvalue weighted by atomic mass is 10.3. The summed E-state index contributed by atoms with van der Waals surface area (Å²) in [7, 11) is 0. The Labute approximate surface area is 80.5 Å². The van der Waals surface area contributed by atoms with Crippen LogP contribution in [0.5, 0.6) is 5.75 Å². The van der Waals surface area contributed by atoms with Crippen LogP contribution in [0.4, 0.5) is 5.69 Å². The molecule has 0 atom stereocenters. The number of rotatable bonds is 3. The van der Waals surface area contributed by atoms with Crippen LogP contribution in [-0.4, -0.2) is 10.1 Å². The molecule has 0 fully saturated rings. The van der Waals surface area contributed by atoms with Crippen LogP contribution < -0.4 is 10.5 Å². The Kier molecular flexibility index (Phi) is 2.31. The van der Waals surface area contributed by atoms with E-state index in [2.05, 4.69) is 14.7 Å². The molecule has 1 aromatic heterocycles. The molecule has 0 radical (unpaired) electrons. The molecule has 0 saturated heterocycles. The van der Waals surface area contributed by atoms with Crippen LogP contribution in [0.3, 0.4) is 0 Å². The van der Waals surface area contributed by atoms with Gasteiger partial charge in [-0.1, -0.05) is 17.3 Å². The number of nitrogens with zero attached hydrogens (tertiary/aromatic N) is 2. The second-order valence-electron chi connectivity index (χ2n) is 2.67. The summed E-state index contributed by atoms with van der Waals surface area (Å²) in [5, 5.41) is 3.61. The van der Waals surface area contributed by atoms with Crippen molar-refractivity contribution in [2.24, 2.45) is 0 Å². The number of anilines is 1. The van der Waals surface area contributed by atoms with Crippen molar-refractivity contribution in [3.05, 3.63) is 36.5 Å². The standard InChI is InChI=1S/C9H9N3O2/c10-7-3-1-2-4-8(7)13-5-9-11-6-14-12-9/h1-4,6H,5,10H2. The molecule has 2 rings (SSSR count). The van der Waals surface area contributed by atoms with Crippen LogP contribution in [0.25, 0.3) is 0 Å². The van der Waals surface area contributed by atoms with Gasteiger partial charge in [0.25, 0.3) is 0 Å². The Morgan fingerprint density at radius 1 is 1.36 bits per heavy atom. The maximum atomic E-state index is 5.67. The summed E-state index contributed by atoms with van der Waals surface area (Å²) in [6.07, 6.45) is 1.26. The molecule has 0 amide bonds. The highest BCUT2D eigenvalue weighted by molar-refractivity contribution is 5.51. The van der Waals surface area contributed by atoms with Gasteiger partial charge >= 0.3 is 0 Å². The van der Waals surface area contributed by atoms with Crippen molar-refractivity contribution in [2.75, 3.05) is 5.73 Å². The van der Waals surface area contributed by atoms with Gasteiger partial charge in [0.15, 0.2) is 6.61 Å². The summed E-state index contributed by atoms with van der Waals surface area (Å²) in [6, 6.07) is 7.25. The first-order chi connectivity index (χ1) is 6.86. The number of nitrogens with two attached hydrogens (primary N) is 1. The number of hydrogen-bond acceptors (Lipinski definition) is 5. The van der Waals surface area contributed by atoms with E-state index in [0.717, 1.165) is 0 Å². The fourth-order valence-corrected chi connectivity index (χ4v) is 1.01. The van der Waals surface area contributed by atoms with Gasteiger partial charge in [-0.25, -0.2) is 0 Å². The van der Waals surface area contributed by atoms with Crippen LogP contribution in [0, 0.1) is 0 Å². The Morgan fingerprint density at radius 2 is 2.21 bits per heavy atom. The average molecular weight is 191 g/mol. The van der Waals surface area contributed by atoms with Crippen molar-refractivity contribution in [3.63, 3.8) is 0 Å². The summed E-state index contributed by atoms with van der Waals surface area (Å²) in [5.41, 5.74) is 6.26. The van der Waals surface area contributed by atoms with Crippen molar-refractivity contribution < 1.29 is 9.26 Å². The van der Waals surface area contributed by atoms with Crippen LogP contribution in [-0.2, 0) is 6.61 Å². The van der Waals surface area contributed by atoms with Crippen LogP contribution >= 0.6 is 0 Å². The van der Waals surface area contributed by atoms with Gasteiger partial charge in [-0.2, -0.15) is 4.98 Å². The first-order valence-electron chi connectivity index (χ1n) is 4.09. The normalized spacial score (nSPS) is 10.0. The van der Waals surface area contributed by atoms with E-state index in [1.54, 1.807) is 12.1 Å². The van der Waals surface area contributed by atoms with Gasteiger partial charge in [-0.05, 0) is 12.1 Å². The summed E-state index contributed by atoms with van der Waals surface area (Å²) in [6.45, 7) is 0.255. The minimum Gasteiger partial charge on any atom is -0.483 e. The van der Waals surface area contributed by atoms with Crippen LogP contribution in [0.1, 0.15) is 5.82 Å². The second-order valence-corrected chi connectivity index (χ2v) is 2.67. The third-order valence-corrected chi connectivity index (χ3v) is 1.68. The van der Waals surface area contributed by atoms with E-state index in [9.17, 15) is 0 Å². The lowest BCUT2D eigenvalue weighted by Gasteiger charge is -2.05. The molecule has 2 N–H and O–H groups in total. The molecule has 72 valence electrons. The predicted octanol–water partition coefficient (Wildman–Crippen LogP) is 1.23. The van der Waals surface area contributed by atoms with E-state index in [1.165, 1.54) is 6.39 Å². The molecule has 5 heteroatoms. The SMILES string of the molecule is Nc1ccccc1OCc1ncon1. The molecule has 0 unspecified atom stereocenters. The number of hydrogen-bond donors (Lipinski definition) is 1. The van der Waals surface area contributed by atoms with Gasteiger partial charge in [0.05, 0.1) is 5.69 Å². The monoisotopic (exact) mass is 191 g/mol. The number of benzene rings is 1. The number of nitrogen functional groups attached to an aromatic ring is 1. The average Bonchev–Trinajstić information content (AvgIpc) is 2.69. The quantitative estimate of drug-likeness (QED) is 0.738. The van der Waals surface area contributed by atoms with E-state index in [4.69, 9.17) is 10.5 Å². The van der Waals surface area contributed by atoms with Gasteiger partial charge in [0.1, 0.15) is 5.75 Å². The smallest absolute Gasteiger partial charge is 0.213 e. The second kappa shape index (κ2) is 3.78. The summed E-state index contributed by atoms with van der Waals surface area (Å²) in [4.78, 5) is 3.82. The topological polar surface area (TPSA) is 74.2 Å². The third-order valence-electron chi connectivity index (χ3n) is 1.68. The first-order valence-corrected chi connectivity index (χ1v) is 4.09. The van der Waals surface area contributed by atoms with Crippen molar-refractivity contribution in [2.45, 2.75) is 6.61 Å². The molecular formula is C9H9N3O2. The Morgan fingerprint density at radius 3 is 2.93 bits per heavy atom. The fraction of sp³-hybridized carbons (Fsp3) is 0.111. The number of ether oxygens (including phenoxy) is 1. The third kappa shape index (κ3) is 1.82. The maximum Gasteiger partial charge on any atom is 0.213 e. The molecule has 0 saturated carbocycles. The Balaban J connectivity index is 2.02. The van der Waals surface area contributed by atoms with Gasteiger partial charge in [0.2, 0.25) is 12.2 Å². The number of para-hydroxylation sites is 2. The van der Waals surface area contributed by atoms with E-state index < -0.39 is 0 Å². The molecule has 0 aliphatic heterocycles. The van der Waals surface area contributed by atoms with Gasteiger partial charge in [0, 0.05) is 0 Å². The van der Waals surface area contributed by atoms with Crippen molar-refractivity contribution in [1.82, 2.24) is 10.1 Å². The molecule has 1 heterocycles. The molecule has 0 aliphatic carbocycles.